The molecule has 0 aromatic carbocycles. The zero-order chi connectivity index (χ0) is 9.35. The highest BCUT2D eigenvalue weighted by molar-refractivity contribution is 6.34. The van der Waals surface area contributed by atoms with E-state index < -0.39 is 17.3 Å². The minimum atomic E-state index is -4.46. The fourth-order valence-corrected chi connectivity index (χ4v) is 1.13. The molecule has 12 heavy (non-hydrogen) atoms. The third-order valence-corrected chi connectivity index (χ3v) is 1.63. The summed E-state index contributed by atoms with van der Waals surface area (Å²) in [4.78, 5) is 0. The van der Waals surface area contributed by atoms with Crippen LogP contribution in [0.5, 0.6) is 0 Å². The molecule has 1 aliphatic rings. The Morgan fingerprint density at radius 1 is 1.58 bits per heavy atom. The first-order chi connectivity index (χ1) is 5.41. The van der Waals surface area contributed by atoms with Gasteiger partial charge in [-0.1, -0.05) is 0 Å². The number of alkyl halides is 4. The number of hydrazone groups is 1. The maximum Gasteiger partial charge on any atom is 0.433 e. The largest absolute Gasteiger partial charge is 0.433 e. The van der Waals surface area contributed by atoms with Crippen LogP contribution in [0.1, 0.15) is 6.92 Å². The molecule has 6 heteroatoms. The number of allylic oxidation sites excluding steroid dienone is 2. The molecule has 0 saturated heterocycles. The molecule has 0 aromatic rings. The van der Waals surface area contributed by atoms with Crippen molar-refractivity contribution in [3.05, 3.63) is 11.8 Å². The molecule has 68 valence electrons. The van der Waals surface area contributed by atoms with Gasteiger partial charge in [0.1, 0.15) is 5.38 Å². The number of hydrogen-bond acceptors (Lipinski definition) is 2. The lowest BCUT2D eigenvalue weighted by Crippen LogP contribution is -2.35. The van der Waals surface area contributed by atoms with E-state index in [4.69, 9.17) is 11.6 Å². The summed E-state index contributed by atoms with van der Waals surface area (Å²) in [5, 5.41) is 1.92. The Bertz CT molecular complexity index is 244. The van der Waals surface area contributed by atoms with E-state index in [1.165, 1.54) is 6.08 Å². The first-order valence-corrected chi connectivity index (χ1v) is 3.58. The smallest absolute Gasteiger partial charge is 0.283 e. The van der Waals surface area contributed by atoms with Crippen LogP contribution in [-0.2, 0) is 0 Å². The van der Waals surface area contributed by atoms with Gasteiger partial charge in [-0.05, 0) is 13.0 Å². The van der Waals surface area contributed by atoms with Gasteiger partial charge in [0, 0.05) is 5.70 Å². The van der Waals surface area contributed by atoms with Gasteiger partial charge in [-0.15, -0.1) is 11.6 Å². The van der Waals surface area contributed by atoms with Gasteiger partial charge < -0.3 is 0 Å². The first-order valence-electron chi connectivity index (χ1n) is 3.14. The Morgan fingerprint density at radius 2 is 2.17 bits per heavy atom. The SMILES string of the molecule is CC1=CC(Cl)C(C(F)(F)F)=NN1. The molecular weight excluding hydrogens is 193 g/mol. The average molecular weight is 199 g/mol. The second-order valence-corrected chi connectivity index (χ2v) is 2.83. The Hall–Kier alpha value is -0.710. The second kappa shape index (κ2) is 2.97. The van der Waals surface area contributed by atoms with E-state index in [-0.39, 0.29) is 0 Å². The van der Waals surface area contributed by atoms with Crippen LogP contribution in [0.2, 0.25) is 0 Å². The molecular formula is C6H6ClF3N2. The molecule has 1 unspecified atom stereocenters. The summed E-state index contributed by atoms with van der Waals surface area (Å²) in [7, 11) is 0. The second-order valence-electron chi connectivity index (χ2n) is 2.36. The van der Waals surface area contributed by atoms with E-state index in [1.54, 1.807) is 6.92 Å². The van der Waals surface area contributed by atoms with Crippen molar-refractivity contribution in [1.82, 2.24) is 5.43 Å². The molecule has 0 saturated carbocycles. The van der Waals surface area contributed by atoms with Gasteiger partial charge >= 0.3 is 6.18 Å². The van der Waals surface area contributed by atoms with Gasteiger partial charge in [0.05, 0.1) is 0 Å². The van der Waals surface area contributed by atoms with Crippen molar-refractivity contribution in [1.29, 1.82) is 0 Å². The molecule has 1 N–H and O–H groups in total. The highest BCUT2D eigenvalue weighted by Crippen LogP contribution is 2.24. The number of nitrogens with one attached hydrogen (secondary N) is 1. The zero-order valence-corrected chi connectivity index (χ0v) is 6.87. The van der Waals surface area contributed by atoms with Crippen LogP contribution in [0.15, 0.2) is 16.9 Å². The number of halogens is 4. The van der Waals surface area contributed by atoms with E-state index >= 15 is 0 Å². The minimum absolute atomic E-state index is 0.517. The maximum atomic E-state index is 12.0. The summed E-state index contributed by atoms with van der Waals surface area (Å²) < 4.78 is 36.1. The standard InChI is InChI=1S/C6H6ClF3N2/c1-3-2-4(7)5(12-11-3)6(8,9)10/h2,4,11H,1H3. The molecule has 0 aliphatic carbocycles. The fourth-order valence-electron chi connectivity index (χ4n) is 0.765. The normalized spacial score (nSPS) is 24.2. The van der Waals surface area contributed by atoms with Crippen LogP contribution in [0.3, 0.4) is 0 Å². The molecule has 0 amide bonds. The molecule has 0 fully saturated rings. The highest BCUT2D eigenvalue weighted by Gasteiger charge is 2.40. The van der Waals surface area contributed by atoms with Crippen molar-refractivity contribution in [3.63, 3.8) is 0 Å². The summed E-state index contributed by atoms with van der Waals surface area (Å²) in [5.41, 5.74) is 1.73. The predicted molar refractivity (Wildman–Crippen MR) is 40.0 cm³/mol. The number of nitrogens with zero attached hydrogens (tertiary/aromatic N) is 1. The van der Waals surface area contributed by atoms with Crippen LogP contribution in [0.4, 0.5) is 13.2 Å². The van der Waals surface area contributed by atoms with Gasteiger partial charge in [-0.25, -0.2) is 0 Å². The molecule has 0 aromatic heterocycles. The van der Waals surface area contributed by atoms with E-state index in [1.807, 2.05) is 0 Å². The van der Waals surface area contributed by atoms with Crippen molar-refractivity contribution in [2.75, 3.05) is 0 Å². The van der Waals surface area contributed by atoms with Gasteiger partial charge in [0.2, 0.25) is 0 Å². The lowest BCUT2D eigenvalue weighted by atomic mass is 10.2. The van der Waals surface area contributed by atoms with E-state index in [0.717, 1.165) is 0 Å². The third-order valence-electron chi connectivity index (χ3n) is 1.30. The van der Waals surface area contributed by atoms with Crippen LogP contribution in [0.25, 0.3) is 0 Å². The lowest BCUT2D eigenvalue weighted by molar-refractivity contribution is -0.0603. The summed E-state index contributed by atoms with van der Waals surface area (Å²) in [6.45, 7) is 1.59. The Labute approximate surface area is 72.1 Å². The predicted octanol–water partition coefficient (Wildman–Crippen LogP) is 2.02. The lowest BCUT2D eigenvalue weighted by Gasteiger charge is -2.18. The summed E-state index contributed by atoms with van der Waals surface area (Å²) in [6, 6.07) is 0. The van der Waals surface area contributed by atoms with Crippen LogP contribution in [-0.4, -0.2) is 17.3 Å². The molecule has 2 nitrogen and oxygen atoms in total. The minimum Gasteiger partial charge on any atom is -0.283 e. The molecule has 1 atom stereocenters. The molecule has 0 radical (unpaired) electrons. The van der Waals surface area contributed by atoms with Crippen molar-refractivity contribution in [2.24, 2.45) is 5.10 Å². The summed E-state index contributed by atoms with van der Waals surface area (Å²) >= 11 is 5.39. The molecule has 0 bridgehead atoms. The topological polar surface area (TPSA) is 24.4 Å². The Kier molecular flexibility index (Phi) is 2.32. The zero-order valence-electron chi connectivity index (χ0n) is 6.11. The van der Waals surface area contributed by atoms with E-state index in [0.29, 0.717) is 5.70 Å². The van der Waals surface area contributed by atoms with Crippen molar-refractivity contribution in [2.45, 2.75) is 18.5 Å². The maximum absolute atomic E-state index is 12.0. The highest BCUT2D eigenvalue weighted by atomic mass is 35.5. The molecule has 1 heterocycles. The first kappa shape index (κ1) is 9.38. The third kappa shape index (κ3) is 1.91. The average Bonchev–Trinajstić information content (AvgIpc) is 1.83. The van der Waals surface area contributed by atoms with Gasteiger partial charge in [0.25, 0.3) is 0 Å². The Morgan fingerprint density at radius 3 is 2.58 bits per heavy atom. The molecule has 0 spiro atoms. The fraction of sp³-hybridized carbons (Fsp3) is 0.500. The number of hydrogen-bond donors (Lipinski definition) is 1. The van der Waals surface area contributed by atoms with E-state index in [2.05, 4.69) is 10.5 Å². The quantitative estimate of drug-likeness (QED) is 0.592. The molecule has 1 aliphatic heterocycles. The number of rotatable bonds is 0. The summed E-state index contributed by atoms with van der Waals surface area (Å²) in [5.74, 6) is 0. The summed E-state index contributed by atoms with van der Waals surface area (Å²) in [6.07, 6.45) is -3.20. The Balaban J connectivity index is 2.83. The van der Waals surface area contributed by atoms with Gasteiger partial charge in [-0.3, -0.25) is 5.43 Å². The van der Waals surface area contributed by atoms with Crippen molar-refractivity contribution >= 4 is 17.3 Å². The van der Waals surface area contributed by atoms with Crippen molar-refractivity contribution in [3.8, 4) is 0 Å². The van der Waals surface area contributed by atoms with Gasteiger partial charge in [-0.2, -0.15) is 18.3 Å². The molecule has 1 rings (SSSR count). The van der Waals surface area contributed by atoms with Gasteiger partial charge in [0.15, 0.2) is 5.71 Å². The van der Waals surface area contributed by atoms with E-state index in [9.17, 15) is 13.2 Å². The van der Waals surface area contributed by atoms with Crippen LogP contribution in [0, 0.1) is 0 Å². The monoisotopic (exact) mass is 198 g/mol. The van der Waals surface area contributed by atoms with Crippen LogP contribution < -0.4 is 5.43 Å². The van der Waals surface area contributed by atoms with Crippen molar-refractivity contribution < 1.29 is 13.2 Å². The van der Waals surface area contributed by atoms with Crippen LogP contribution >= 0.6 is 11.6 Å².